The van der Waals surface area contributed by atoms with E-state index in [0.717, 1.165) is 0 Å². The number of rotatable bonds is 4. The number of nitrogens with one attached hydrogen (secondary N) is 2. The second kappa shape index (κ2) is 6.05. The molecule has 7 heteroatoms. The predicted octanol–water partition coefficient (Wildman–Crippen LogP) is 0.851. The third kappa shape index (κ3) is 2.69. The van der Waals surface area contributed by atoms with Crippen molar-refractivity contribution in [2.24, 2.45) is 5.92 Å². The normalized spacial score (nSPS) is 13.2. The van der Waals surface area contributed by atoms with E-state index in [0.29, 0.717) is 16.8 Å². The van der Waals surface area contributed by atoms with Crippen molar-refractivity contribution in [1.82, 2.24) is 15.2 Å². The highest BCUT2D eigenvalue weighted by atomic mass is 16.5. The van der Waals surface area contributed by atoms with E-state index >= 15 is 0 Å². The van der Waals surface area contributed by atoms with Gasteiger partial charge in [0.2, 0.25) is 0 Å². The van der Waals surface area contributed by atoms with Crippen LogP contribution in [0.25, 0.3) is 0 Å². The number of hydrogen-bond donors (Lipinski definition) is 2. The Morgan fingerprint density at radius 1 is 1.48 bits per heavy atom. The van der Waals surface area contributed by atoms with Crippen molar-refractivity contribution in [3.8, 4) is 6.07 Å². The molecule has 0 bridgehead atoms. The SMILES string of the molecule is COC(=O)[C@H](C#N)[C@@H](c1cccnc1)c1c(C)[nH][nH]c1=O. The van der Waals surface area contributed by atoms with Gasteiger partial charge in [-0.05, 0) is 18.6 Å². The number of nitriles is 1. The number of carbonyl (C=O) groups excluding carboxylic acids is 1. The Balaban J connectivity index is 2.64. The molecule has 0 aromatic carbocycles. The molecule has 2 aromatic heterocycles. The van der Waals surface area contributed by atoms with E-state index in [1.807, 2.05) is 6.07 Å². The standard InChI is InChI=1S/C14H14N4O3/c1-8-11(13(19)18-17-8)12(9-4-3-5-16-7-9)10(6-15)14(20)21-2/h3-5,7,10,12H,1-2H3,(H2,17,18,19)/t10-,12-/m1/s1. The Morgan fingerprint density at radius 3 is 2.71 bits per heavy atom. The van der Waals surface area contributed by atoms with E-state index in [1.165, 1.54) is 13.3 Å². The monoisotopic (exact) mass is 286 g/mol. The van der Waals surface area contributed by atoms with Crippen molar-refractivity contribution in [2.45, 2.75) is 12.8 Å². The van der Waals surface area contributed by atoms with E-state index in [2.05, 4.69) is 19.9 Å². The average Bonchev–Trinajstić information content (AvgIpc) is 2.84. The number of methoxy groups -OCH3 is 1. The number of esters is 1. The largest absolute Gasteiger partial charge is 0.468 e. The molecule has 0 aliphatic rings. The van der Waals surface area contributed by atoms with E-state index in [-0.39, 0.29) is 5.56 Å². The lowest BCUT2D eigenvalue weighted by Gasteiger charge is -2.19. The number of aromatic nitrogens is 3. The summed E-state index contributed by atoms with van der Waals surface area (Å²) in [5.41, 5.74) is 1.13. The maximum absolute atomic E-state index is 12.0. The van der Waals surface area contributed by atoms with Crippen molar-refractivity contribution >= 4 is 5.97 Å². The lowest BCUT2D eigenvalue weighted by atomic mass is 9.82. The zero-order chi connectivity index (χ0) is 15.4. The van der Waals surface area contributed by atoms with Gasteiger partial charge in [-0.3, -0.25) is 19.7 Å². The minimum atomic E-state index is -1.13. The summed E-state index contributed by atoms with van der Waals surface area (Å²) in [4.78, 5) is 27.9. The Hall–Kier alpha value is -2.88. The minimum Gasteiger partial charge on any atom is -0.468 e. The molecule has 0 unspecified atom stereocenters. The van der Waals surface area contributed by atoms with Gasteiger partial charge in [0.1, 0.15) is 0 Å². The number of hydrogen-bond acceptors (Lipinski definition) is 5. The summed E-state index contributed by atoms with van der Waals surface area (Å²) >= 11 is 0. The Kier molecular flexibility index (Phi) is 4.18. The van der Waals surface area contributed by atoms with Gasteiger partial charge in [-0.2, -0.15) is 5.26 Å². The lowest BCUT2D eigenvalue weighted by Crippen LogP contribution is -2.27. The van der Waals surface area contributed by atoms with Gasteiger partial charge in [0.15, 0.2) is 5.92 Å². The summed E-state index contributed by atoms with van der Waals surface area (Å²) in [6, 6.07) is 5.33. The summed E-state index contributed by atoms with van der Waals surface area (Å²) in [6.45, 7) is 1.70. The summed E-state index contributed by atoms with van der Waals surface area (Å²) in [7, 11) is 1.21. The topological polar surface area (TPSA) is 112 Å². The number of carbonyl (C=O) groups is 1. The Bertz CT molecular complexity index is 727. The van der Waals surface area contributed by atoms with Crippen molar-refractivity contribution in [3.05, 3.63) is 51.7 Å². The van der Waals surface area contributed by atoms with Crippen molar-refractivity contribution < 1.29 is 9.53 Å². The van der Waals surface area contributed by atoms with Crippen LogP contribution in [0.15, 0.2) is 29.3 Å². The predicted molar refractivity (Wildman–Crippen MR) is 73.3 cm³/mol. The number of nitrogens with zero attached hydrogens (tertiary/aromatic N) is 2. The fraction of sp³-hybridized carbons (Fsp3) is 0.286. The molecule has 0 fully saturated rings. The van der Waals surface area contributed by atoms with Gasteiger partial charge in [0.05, 0.1) is 13.2 Å². The zero-order valence-corrected chi connectivity index (χ0v) is 11.6. The van der Waals surface area contributed by atoms with Gasteiger partial charge in [-0.1, -0.05) is 6.07 Å². The first-order chi connectivity index (χ1) is 10.1. The van der Waals surface area contributed by atoms with E-state index in [4.69, 9.17) is 0 Å². The number of aryl methyl sites for hydroxylation is 1. The molecule has 2 atom stereocenters. The molecule has 0 aliphatic heterocycles. The van der Waals surface area contributed by atoms with Crippen molar-refractivity contribution in [3.63, 3.8) is 0 Å². The van der Waals surface area contributed by atoms with Gasteiger partial charge in [-0.15, -0.1) is 0 Å². The van der Waals surface area contributed by atoms with Crippen LogP contribution in [0.1, 0.15) is 22.7 Å². The fourth-order valence-electron chi connectivity index (χ4n) is 2.31. The highest BCUT2D eigenvalue weighted by molar-refractivity contribution is 5.77. The first kappa shape index (κ1) is 14.5. The van der Waals surface area contributed by atoms with Crippen LogP contribution < -0.4 is 5.56 Å². The van der Waals surface area contributed by atoms with Crippen molar-refractivity contribution in [1.29, 1.82) is 5.26 Å². The first-order valence-corrected chi connectivity index (χ1v) is 6.24. The summed E-state index contributed by atoms with van der Waals surface area (Å²) in [5, 5.41) is 14.5. The molecule has 0 amide bonds. The Labute approximate surface area is 120 Å². The third-order valence-electron chi connectivity index (χ3n) is 3.29. The minimum absolute atomic E-state index is 0.333. The highest BCUT2D eigenvalue weighted by Crippen LogP contribution is 2.31. The molecule has 0 radical (unpaired) electrons. The number of pyridine rings is 1. The zero-order valence-electron chi connectivity index (χ0n) is 11.6. The van der Waals surface area contributed by atoms with E-state index in [9.17, 15) is 14.9 Å². The number of H-pyrrole nitrogens is 2. The second-order valence-corrected chi connectivity index (χ2v) is 4.51. The third-order valence-corrected chi connectivity index (χ3v) is 3.29. The van der Waals surface area contributed by atoms with Crippen LogP contribution in [-0.4, -0.2) is 28.3 Å². The smallest absolute Gasteiger partial charge is 0.324 e. The van der Waals surface area contributed by atoms with Gasteiger partial charge < -0.3 is 9.84 Å². The van der Waals surface area contributed by atoms with Gasteiger partial charge in [-0.25, -0.2) is 0 Å². The molecular weight excluding hydrogens is 272 g/mol. The van der Waals surface area contributed by atoms with Crippen LogP contribution in [0, 0.1) is 24.2 Å². The molecule has 7 nitrogen and oxygen atoms in total. The second-order valence-electron chi connectivity index (χ2n) is 4.51. The Morgan fingerprint density at radius 2 is 2.24 bits per heavy atom. The van der Waals surface area contributed by atoms with Gasteiger partial charge >= 0.3 is 5.97 Å². The van der Waals surface area contributed by atoms with Crippen LogP contribution in [0.3, 0.4) is 0 Å². The van der Waals surface area contributed by atoms with Crippen LogP contribution in [0.2, 0.25) is 0 Å². The summed E-state index contributed by atoms with van der Waals surface area (Å²) < 4.78 is 4.68. The first-order valence-electron chi connectivity index (χ1n) is 6.24. The van der Waals surface area contributed by atoms with Crippen LogP contribution >= 0.6 is 0 Å². The van der Waals surface area contributed by atoms with Gasteiger partial charge in [0, 0.05) is 29.6 Å². The van der Waals surface area contributed by atoms with E-state index in [1.54, 1.807) is 25.3 Å². The average molecular weight is 286 g/mol. The summed E-state index contributed by atoms with van der Waals surface area (Å²) in [6.07, 6.45) is 3.11. The molecule has 108 valence electrons. The molecule has 21 heavy (non-hydrogen) atoms. The van der Waals surface area contributed by atoms with Gasteiger partial charge in [0.25, 0.3) is 5.56 Å². The van der Waals surface area contributed by atoms with Crippen LogP contribution in [-0.2, 0) is 9.53 Å². The summed E-state index contributed by atoms with van der Waals surface area (Å²) in [5.74, 6) is -2.56. The molecule has 2 N–H and O–H groups in total. The quantitative estimate of drug-likeness (QED) is 0.809. The molecule has 2 rings (SSSR count). The molecule has 0 saturated heterocycles. The number of ether oxygens (including phenoxy) is 1. The number of aromatic amines is 2. The molecule has 0 spiro atoms. The molecule has 2 aromatic rings. The molecule has 2 heterocycles. The molecular formula is C14H14N4O3. The molecule has 0 aliphatic carbocycles. The van der Waals surface area contributed by atoms with E-state index < -0.39 is 17.8 Å². The van der Waals surface area contributed by atoms with Crippen LogP contribution in [0.4, 0.5) is 0 Å². The van der Waals surface area contributed by atoms with Crippen LogP contribution in [0.5, 0.6) is 0 Å². The maximum atomic E-state index is 12.0. The lowest BCUT2D eigenvalue weighted by molar-refractivity contribution is -0.143. The van der Waals surface area contributed by atoms with Crippen molar-refractivity contribution in [2.75, 3.05) is 7.11 Å². The molecule has 0 saturated carbocycles. The highest BCUT2D eigenvalue weighted by Gasteiger charge is 2.35. The fourth-order valence-corrected chi connectivity index (χ4v) is 2.31. The maximum Gasteiger partial charge on any atom is 0.324 e.